The first-order chi connectivity index (χ1) is 26.5. The minimum Gasteiger partial charge on any atom is -0.457 e. The van der Waals surface area contributed by atoms with Crippen molar-refractivity contribution in [3.8, 4) is 45.4 Å². The van der Waals surface area contributed by atoms with Crippen LogP contribution >= 0.6 is 0 Å². The topological polar surface area (TPSA) is 103 Å². The molecule has 0 aliphatic carbocycles. The SMILES string of the molecule is Cc1ccc(Oc2cc(NC(=O)c3cn(-c4ccccc4)nc3-c3ccccc3)cc(NC(=O)c3cn(-c4ccccc4)nc3-c3ccccc3)c2)cc1. The Bertz CT molecular complexity index is 2400. The van der Waals surface area contributed by atoms with E-state index in [4.69, 9.17) is 14.9 Å². The summed E-state index contributed by atoms with van der Waals surface area (Å²) in [5, 5.41) is 15.7. The highest BCUT2D eigenvalue weighted by Gasteiger charge is 2.22. The zero-order chi connectivity index (χ0) is 36.9. The number of ether oxygens (including phenoxy) is 1. The number of nitrogens with one attached hydrogen (secondary N) is 2. The second-order valence-corrected chi connectivity index (χ2v) is 12.6. The highest BCUT2D eigenvalue weighted by atomic mass is 16.5. The van der Waals surface area contributed by atoms with E-state index >= 15 is 0 Å². The van der Waals surface area contributed by atoms with Crippen LogP contribution in [0.2, 0.25) is 0 Å². The van der Waals surface area contributed by atoms with Crippen LogP contribution in [0.3, 0.4) is 0 Å². The number of aromatic nitrogens is 4. The van der Waals surface area contributed by atoms with Gasteiger partial charge in [-0.3, -0.25) is 9.59 Å². The second-order valence-electron chi connectivity index (χ2n) is 12.6. The van der Waals surface area contributed by atoms with Crippen LogP contribution in [0.25, 0.3) is 33.9 Å². The Balaban J connectivity index is 1.15. The first-order valence-corrected chi connectivity index (χ1v) is 17.4. The van der Waals surface area contributed by atoms with Crippen molar-refractivity contribution >= 4 is 23.2 Å². The van der Waals surface area contributed by atoms with Gasteiger partial charge in [-0.15, -0.1) is 0 Å². The molecule has 2 N–H and O–H groups in total. The summed E-state index contributed by atoms with van der Waals surface area (Å²) in [6.07, 6.45) is 3.44. The average molecular weight is 707 g/mol. The van der Waals surface area contributed by atoms with E-state index in [9.17, 15) is 9.59 Å². The number of benzene rings is 6. The third kappa shape index (κ3) is 7.42. The monoisotopic (exact) mass is 706 g/mol. The lowest BCUT2D eigenvalue weighted by Gasteiger charge is -2.13. The number of rotatable bonds is 10. The maximum absolute atomic E-state index is 14.2. The molecule has 9 nitrogen and oxygen atoms in total. The molecule has 0 spiro atoms. The van der Waals surface area contributed by atoms with Gasteiger partial charge >= 0.3 is 0 Å². The van der Waals surface area contributed by atoms with E-state index in [1.165, 1.54) is 0 Å². The summed E-state index contributed by atoms with van der Waals surface area (Å²) < 4.78 is 9.65. The van der Waals surface area contributed by atoms with E-state index < -0.39 is 0 Å². The number of carbonyl (C=O) groups is 2. The van der Waals surface area contributed by atoms with E-state index in [1.54, 1.807) is 40.0 Å². The molecule has 0 radical (unpaired) electrons. The van der Waals surface area contributed by atoms with E-state index in [-0.39, 0.29) is 11.8 Å². The van der Waals surface area contributed by atoms with Crippen LogP contribution < -0.4 is 15.4 Å². The van der Waals surface area contributed by atoms with Gasteiger partial charge in [0.2, 0.25) is 0 Å². The predicted octanol–water partition coefficient (Wildman–Crippen LogP) is 10.00. The van der Waals surface area contributed by atoms with Crippen molar-refractivity contribution in [2.75, 3.05) is 10.6 Å². The molecule has 2 amide bonds. The fourth-order valence-corrected chi connectivity index (χ4v) is 6.07. The fourth-order valence-electron chi connectivity index (χ4n) is 6.07. The minimum absolute atomic E-state index is 0.376. The molecule has 54 heavy (non-hydrogen) atoms. The molecule has 0 saturated carbocycles. The third-order valence-corrected chi connectivity index (χ3v) is 8.73. The van der Waals surface area contributed by atoms with Crippen LogP contribution in [0.15, 0.2) is 176 Å². The summed E-state index contributed by atoms with van der Waals surface area (Å²) in [6.45, 7) is 2.00. The number of aryl methyl sites for hydroxylation is 1. The number of carbonyl (C=O) groups excluding carboxylic acids is 2. The molecular weight excluding hydrogens is 673 g/mol. The lowest BCUT2D eigenvalue weighted by Crippen LogP contribution is -2.15. The molecule has 2 heterocycles. The number of anilines is 2. The Morgan fingerprint density at radius 1 is 0.500 bits per heavy atom. The number of para-hydroxylation sites is 2. The summed E-state index contributed by atoms with van der Waals surface area (Å²) >= 11 is 0. The van der Waals surface area contributed by atoms with Gasteiger partial charge in [-0.05, 0) is 49.4 Å². The summed E-state index contributed by atoms with van der Waals surface area (Å²) in [7, 11) is 0. The average Bonchev–Trinajstić information content (AvgIpc) is 3.87. The minimum atomic E-state index is -0.378. The maximum atomic E-state index is 14.2. The fraction of sp³-hybridized carbons (Fsp3) is 0.0222. The molecule has 9 heteroatoms. The van der Waals surface area contributed by atoms with Crippen LogP contribution in [0, 0.1) is 6.92 Å². The summed E-state index contributed by atoms with van der Waals surface area (Å²) in [6, 6.07) is 51.2. The smallest absolute Gasteiger partial charge is 0.259 e. The van der Waals surface area contributed by atoms with Gasteiger partial charge in [-0.2, -0.15) is 10.2 Å². The van der Waals surface area contributed by atoms with E-state index in [0.717, 1.165) is 28.1 Å². The number of hydrogen-bond donors (Lipinski definition) is 2. The molecule has 0 saturated heterocycles. The van der Waals surface area contributed by atoms with Crippen molar-refractivity contribution in [2.24, 2.45) is 0 Å². The molecule has 0 aliphatic rings. The van der Waals surface area contributed by atoms with Crippen molar-refractivity contribution in [3.05, 3.63) is 193 Å². The van der Waals surface area contributed by atoms with Crippen molar-refractivity contribution in [1.82, 2.24) is 19.6 Å². The van der Waals surface area contributed by atoms with Crippen molar-refractivity contribution < 1.29 is 14.3 Å². The zero-order valence-corrected chi connectivity index (χ0v) is 29.3. The lowest BCUT2D eigenvalue weighted by molar-refractivity contribution is 0.102. The quantitative estimate of drug-likeness (QED) is 0.147. The van der Waals surface area contributed by atoms with E-state index in [0.29, 0.717) is 45.4 Å². The molecule has 0 bridgehead atoms. The van der Waals surface area contributed by atoms with Gasteiger partial charge in [0.05, 0.1) is 22.5 Å². The van der Waals surface area contributed by atoms with Crippen molar-refractivity contribution in [2.45, 2.75) is 6.92 Å². The Morgan fingerprint density at radius 3 is 1.33 bits per heavy atom. The van der Waals surface area contributed by atoms with Gasteiger partial charge in [-0.1, -0.05) is 115 Å². The van der Waals surface area contributed by atoms with Gasteiger partial charge in [0.15, 0.2) is 0 Å². The summed E-state index contributed by atoms with van der Waals surface area (Å²) in [4.78, 5) is 28.3. The van der Waals surface area contributed by atoms with Gasteiger partial charge in [0, 0.05) is 47.0 Å². The lowest BCUT2D eigenvalue weighted by atomic mass is 10.1. The number of hydrogen-bond acceptors (Lipinski definition) is 5. The van der Waals surface area contributed by atoms with Crippen LogP contribution in [0.1, 0.15) is 26.3 Å². The largest absolute Gasteiger partial charge is 0.457 e. The highest BCUT2D eigenvalue weighted by molar-refractivity contribution is 6.10. The third-order valence-electron chi connectivity index (χ3n) is 8.73. The molecule has 0 fully saturated rings. The number of amides is 2. The van der Waals surface area contributed by atoms with Crippen LogP contribution in [0.4, 0.5) is 11.4 Å². The van der Waals surface area contributed by atoms with Crippen LogP contribution in [0.5, 0.6) is 11.5 Å². The normalized spacial score (nSPS) is 10.8. The van der Waals surface area contributed by atoms with Crippen molar-refractivity contribution in [1.29, 1.82) is 0 Å². The Kier molecular flexibility index (Phi) is 9.33. The molecule has 8 aromatic rings. The molecule has 2 aromatic heterocycles. The first-order valence-electron chi connectivity index (χ1n) is 17.4. The summed E-state index contributed by atoms with van der Waals surface area (Å²) in [5.41, 5.74) is 6.95. The van der Waals surface area contributed by atoms with Crippen LogP contribution in [-0.2, 0) is 0 Å². The molecule has 6 aromatic carbocycles. The zero-order valence-electron chi connectivity index (χ0n) is 29.3. The van der Waals surface area contributed by atoms with Gasteiger partial charge in [0.1, 0.15) is 22.9 Å². The highest BCUT2D eigenvalue weighted by Crippen LogP contribution is 2.32. The van der Waals surface area contributed by atoms with E-state index in [2.05, 4.69) is 10.6 Å². The van der Waals surface area contributed by atoms with Gasteiger partial charge < -0.3 is 15.4 Å². The Labute approximate surface area is 312 Å². The molecule has 0 aliphatic heterocycles. The van der Waals surface area contributed by atoms with E-state index in [1.807, 2.05) is 153 Å². The predicted molar refractivity (Wildman–Crippen MR) is 212 cm³/mol. The summed E-state index contributed by atoms with van der Waals surface area (Å²) in [5.74, 6) is 0.262. The molecule has 262 valence electrons. The van der Waals surface area contributed by atoms with Gasteiger partial charge in [0.25, 0.3) is 11.8 Å². The maximum Gasteiger partial charge on any atom is 0.259 e. The molecular formula is C45H34N6O3. The van der Waals surface area contributed by atoms with Gasteiger partial charge in [-0.25, -0.2) is 9.36 Å². The second kappa shape index (κ2) is 15.0. The molecule has 0 unspecified atom stereocenters. The number of nitrogens with zero attached hydrogens (tertiary/aromatic N) is 4. The first kappa shape index (κ1) is 33.6. The molecule has 0 atom stereocenters. The standard InChI is InChI=1S/C45H34N6O3/c1-31-22-24-38(25-23-31)54-39-27-34(46-44(52)40-29-50(36-18-10-4-11-19-36)48-42(40)32-14-6-2-7-15-32)26-35(28-39)47-45(53)41-30-51(37-20-12-5-13-21-37)49-43(41)33-16-8-3-9-17-33/h2-30H,1H3,(H,46,52)(H,47,53). The van der Waals surface area contributed by atoms with Crippen molar-refractivity contribution in [3.63, 3.8) is 0 Å². The Morgan fingerprint density at radius 2 is 0.907 bits per heavy atom. The Hall–Kier alpha value is -7.52. The molecule has 8 rings (SSSR count). The van der Waals surface area contributed by atoms with Crippen LogP contribution in [-0.4, -0.2) is 31.4 Å².